The molecule has 0 bridgehead atoms. The van der Waals surface area contributed by atoms with Crippen molar-refractivity contribution < 1.29 is 19.1 Å². The molecular weight excluding hydrogens is 380 g/mol. The zero-order valence-electron chi connectivity index (χ0n) is 15.8. The third-order valence-corrected chi connectivity index (χ3v) is 3.98. The third kappa shape index (κ3) is 6.96. The normalized spacial score (nSPS) is 10.5. The van der Waals surface area contributed by atoms with Crippen molar-refractivity contribution in [2.45, 2.75) is 13.5 Å². The zero-order valence-corrected chi connectivity index (χ0v) is 16.6. The minimum atomic E-state index is -0.217. The number of methoxy groups -OCH3 is 1. The van der Waals surface area contributed by atoms with Crippen LogP contribution in [-0.4, -0.2) is 32.1 Å². The molecule has 0 aliphatic rings. The first-order valence-corrected chi connectivity index (χ1v) is 9.17. The van der Waals surface area contributed by atoms with Crippen LogP contribution >= 0.6 is 11.6 Å². The fraction of sp³-hybridized carbons (Fsp3) is 0.238. The number of ether oxygens (including phenoxy) is 2. The van der Waals surface area contributed by atoms with Gasteiger partial charge >= 0.3 is 0 Å². The van der Waals surface area contributed by atoms with E-state index in [9.17, 15) is 9.59 Å². The van der Waals surface area contributed by atoms with Gasteiger partial charge in [-0.2, -0.15) is 0 Å². The molecule has 0 saturated carbocycles. The number of benzene rings is 2. The Morgan fingerprint density at radius 2 is 1.82 bits per heavy atom. The Morgan fingerprint density at radius 1 is 1.07 bits per heavy atom. The second kappa shape index (κ2) is 11.0. The van der Waals surface area contributed by atoms with Crippen LogP contribution in [0.3, 0.4) is 0 Å². The van der Waals surface area contributed by atoms with Crippen molar-refractivity contribution in [2.75, 3.05) is 20.3 Å². The molecule has 0 fully saturated rings. The van der Waals surface area contributed by atoms with Gasteiger partial charge in [0.25, 0.3) is 5.91 Å². The summed E-state index contributed by atoms with van der Waals surface area (Å²) in [6.45, 7) is 2.63. The van der Waals surface area contributed by atoms with E-state index in [1.54, 1.807) is 36.4 Å². The van der Waals surface area contributed by atoms with Crippen LogP contribution in [0, 0.1) is 0 Å². The Hall–Kier alpha value is -2.99. The molecular formula is C21H23ClN2O4. The highest BCUT2D eigenvalue weighted by atomic mass is 35.5. The maximum atomic E-state index is 12.0. The predicted molar refractivity (Wildman–Crippen MR) is 110 cm³/mol. The molecule has 148 valence electrons. The van der Waals surface area contributed by atoms with Crippen molar-refractivity contribution in [3.05, 3.63) is 64.7 Å². The van der Waals surface area contributed by atoms with Crippen molar-refractivity contribution >= 4 is 29.5 Å². The van der Waals surface area contributed by atoms with Gasteiger partial charge in [0.1, 0.15) is 0 Å². The first-order chi connectivity index (χ1) is 13.5. The Balaban J connectivity index is 1.90. The van der Waals surface area contributed by atoms with Crippen molar-refractivity contribution in [1.82, 2.24) is 10.6 Å². The van der Waals surface area contributed by atoms with E-state index < -0.39 is 0 Å². The van der Waals surface area contributed by atoms with Crippen LogP contribution < -0.4 is 20.1 Å². The number of carbonyl (C=O) groups is 2. The summed E-state index contributed by atoms with van der Waals surface area (Å²) >= 11 is 5.83. The Morgan fingerprint density at radius 3 is 2.50 bits per heavy atom. The number of rotatable bonds is 9. The molecule has 6 nitrogen and oxygen atoms in total. The number of hydrogen-bond donors (Lipinski definition) is 2. The summed E-state index contributed by atoms with van der Waals surface area (Å²) in [5.41, 5.74) is 1.73. The van der Waals surface area contributed by atoms with Gasteiger partial charge in [-0.05, 0) is 48.4 Å². The molecule has 2 aromatic carbocycles. The molecule has 0 radical (unpaired) electrons. The number of amides is 2. The molecule has 0 aromatic heterocycles. The van der Waals surface area contributed by atoms with E-state index in [1.807, 2.05) is 19.1 Å². The Kier molecular flexibility index (Phi) is 8.37. The average Bonchev–Trinajstić information content (AvgIpc) is 2.70. The first-order valence-electron chi connectivity index (χ1n) is 8.79. The Bertz CT molecular complexity index is 835. The van der Waals surface area contributed by atoms with E-state index in [-0.39, 0.29) is 18.4 Å². The highest BCUT2D eigenvalue weighted by molar-refractivity contribution is 6.30. The molecule has 7 heteroatoms. The van der Waals surface area contributed by atoms with Crippen molar-refractivity contribution in [2.24, 2.45) is 0 Å². The molecule has 2 rings (SSSR count). The largest absolute Gasteiger partial charge is 0.493 e. The molecule has 0 aliphatic carbocycles. The van der Waals surface area contributed by atoms with Crippen LogP contribution in [-0.2, 0) is 16.1 Å². The van der Waals surface area contributed by atoms with Gasteiger partial charge in [0.05, 0.1) is 7.11 Å². The van der Waals surface area contributed by atoms with Gasteiger partial charge in [-0.15, -0.1) is 0 Å². The summed E-state index contributed by atoms with van der Waals surface area (Å²) in [4.78, 5) is 23.5. The monoisotopic (exact) mass is 402 g/mol. The highest BCUT2D eigenvalue weighted by Gasteiger charge is 2.08. The van der Waals surface area contributed by atoms with E-state index in [1.165, 1.54) is 13.2 Å². The van der Waals surface area contributed by atoms with Crippen LogP contribution in [0.4, 0.5) is 0 Å². The van der Waals surface area contributed by atoms with Crippen molar-refractivity contribution in [3.8, 4) is 11.5 Å². The van der Waals surface area contributed by atoms with Crippen LogP contribution in [0.2, 0.25) is 5.02 Å². The fourth-order valence-electron chi connectivity index (χ4n) is 2.33. The van der Waals surface area contributed by atoms with Gasteiger partial charge in [0.2, 0.25) is 5.91 Å². The third-order valence-electron chi connectivity index (χ3n) is 3.72. The molecule has 0 spiro atoms. The first kappa shape index (κ1) is 21.3. The van der Waals surface area contributed by atoms with Gasteiger partial charge in [-0.25, -0.2) is 0 Å². The topological polar surface area (TPSA) is 76.7 Å². The summed E-state index contributed by atoms with van der Waals surface area (Å²) in [5, 5.41) is 6.11. The number of likely N-dealkylation sites (N-methyl/N-ethyl adjacent to an activating group) is 1. The lowest BCUT2D eigenvalue weighted by Crippen LogP contribution is -2.28. The van der Waals surface area contributed by atoms with Crippen LogP contribution in [0.1, 0.15) is 18.1 Å². The average molecular weight is 403 g/mol. The summed E-state index contributed by atoms with van der Waals surface area (Å²) in [7, 11) is 1.52. The second-order valence-corrected chi connectivity index (χ2v) is 6.27. The minimum absolute atomic E-state index is 0.0875. The SMILES string of the molecule is CCNC(=O)COc1ccc(CNC(=O)C=Cc2ccc(Cl)cc2)cc1OC. The maximum Gasteiger partial charge on any atom is 0.257 e. The van der Waals surface area contributed by atoms with E-state index in [2.05, 4.69) is 10.6 Å². The van der Waals surface area contributed by atoms with Crippen LogP contribution in [0.5, 0.6) is 11.5 Å². The molecule has 0 unspecified atom stereocenters. The Labute approximate surface area is 169 Å². The van der Waals surface area contributed by atoms with Crippen LogP contribution in [0.15, 0.2) is 48.5 Å². The number of carbonyl (C=O) groups excluding carboxylic acids is 2. The van der Waals surface area contributed by atoms with Gasteiger partial charge in [-0.1, -0.05) is 29.8 Å². The van der Waals surface area contributed by atoms with E-state index >= 15 is 0 Å². The number of nitrogens with one attached hydrogen (secondary N) is 2. The summed E-state index contributed by atoms with van der Waals surface area (Å²) in [6.07, 6.45) is 3.18. The molecule has 0 heterocycles. The molecule has 0 aliphatic heterocycles. The van der Waals surface area contributed by atoms with Crippen molar-refractivity contribution in [1.29, 1.82) is 0 Å². The lowest BCUT2D eigenvalue weighted by Gasteiger charge is -2.12. The molecule has 0 atom stereocenters. The quantitative estimate of drug-likeness (QED) is 0.631. The van der Waals surface area contributed by atoms with Gasteiger partial charge < -0.3 is 20.1 Å². The second-order valence-electron chi connectivity index (χ2n) is 5.83. The smallest absolute Gasteiger partial charge is 0.257 e. The lowest BCUT2D eigenvalue weighted by molar-refractivity contribution is -0.123. The molecule has 2 amide bonds. The fourth-order valence-corrected chi connectivity index (χ4v) is 2.45. The standard InChI is InChI=1S/C21H23ClN2O4/c1-3-23-21(26)14-28-18-10-6-16(12-19(18)27-2)13-24-20(25)11-7-15-4-8-17(22)9-5-15/h4-12H,3,13-14H2,1-2H3,(H,23,26)(H,24,25). The highest BCUT2D eigenvalue weighted by Crippen LogP contribution is 2.28. The van der Waals surface area contributed by atoms with Crippen LogP contribution in [0.25, 0.3) is 6.08 Å². The number of hydrogen-bond acceptors (Lipinski definition) is 4. The molecule has 28 heavy (non-hydrogen) atoms. The predicted octanol–water partition coefficient (Wildman–Crippen LogP) is 3.19. The minimum Gasteiger partial charge on any atom is -0.493 e. The maximum absolute atomic E-state index is 12.0. The number of halogens is 1. The van der Waals surface area contributed by atoms with Crippen molar-refractivity contribution in [3.63, 3.8) is 0 Å². The van der Waals surface area contributed by atoms with Gasteiger partial charge in [-0.3, -0.25) is 9.59 Å². The van der Waals surface area contributed by atoms with Gasteiger partial charge in [0.15, 0.2) is 18.1 Å². The molecule has 2 N–H and O–H groups in total. The zero-order chi connectivity index (χ0) is 20.4. The van der Waals surface area contributed by atoms with Gasteiger partial charge in [0, 0.05) is 24.2 Å². The van der Waals surface area contributed by atoms with E-state index in [0.29, 0.717) is 29.6 Å². The lowest BCUT2D eigenvalue weighted by atomic mass is 10.2. The summed E-state index contributed by atoms with van der Waals surface area (Å²) < 4.78 is 10.8. The summed E-state index contributed by atoms with van der Waals surface area (Å²) in [6, 6.07) is 12.5. The summed E-state index contributed by atoms with van der Waals surface area (Å²) in [5.74, 6) is 0.540. The molecule has 0 saturated heterocycles. The van der Waals surface area contributed by atoms with E-state index in [4.69, 9.17) is 21.1 Å². The molecule has 2 aromatic rings. The van der Waals surface area contributed by atoms with E-state index in [0.717, 1.165) is 11.1 Å².